The fraction of sp³-hybridized carbons (Fsp3) is 0.400. The number of hydrogen-bond acceptors (Lipinski definition) is 3. The topological polar surface area (TPSA) is 49.8 Å². The summed E-state index contributed by atoms with van der Waals surface area (Å²) in [7, 11) is 1.71. The van der Waals surface area contributed by atoms with Crippen LogP contribution in [-0.2, 0) is 4.74 Å². The summed E-state index contributed by atoms with van der Waals surface area (Å²) in [4.78, 5) is 13.2. The normalized spacial score (nSPS) is 15.3. The van der Waals surface area contributed by atoms with E-state index < -0.39 is 5.97 Å². The number of benzene rings is 1. The average Bonchev–Trinajstić information content (AvgIpc) is 2.39. The molecule has 4 heteroatoms. The Morgan fingerprint density at radius 1 is 1.47 bits per heavy atom. The molecule has 1 aromatic carbocycles. The highest BCUT2D eigenvalue weighted by Crippen LogP contribution is 2.22. The SMILES string of the molecule is COCC1=CCN(c2ccc(C(=O)O)c(C)c2)CC1. The van der Waals surface area contributed by atoms with Gasteiger partial charge in [-0.2, -0.15) is 0 Å². The zero-order chi connectivity index (χ0) is 13.8. The molecule has 1 aliphatic heterocycles. The standard InChI is InChI=1S/C15H19NO3/c1-11-9-13(3-4-14(11)15(17)18)16-7-5-12(6-8-16)10-19-2/h3-5,9H,6-8,10H2,1-2H3,(H,17,18). The molecular formula is C15H19NO3. The Bertz CT molecular complexity index is 508. The molecule has 0 spiro atoms. The Morgan fingerprint density at radius 2 is 2.26 bits per heavy atom. The van der Waals surface area contributed by atoms with E-state index in [4.69, 9.17) is 9.84 Å². The zero-order valence-corrected chi connectivity index (χ0v) is 11.3. The third-order valence-electron chi connectivity index (χ3n) is 3.44. The number of aromatic carboxylic acids is 1. The number of ether oxygens (including phenoxy) is 1. The minimum atomic E-state index is -0.870. The Kier molecular flexibility index (Phi) is 4.22. The summed E-state index contributed by atoms with van der Waals surface area (Å²) < 4.78 is 5.13. The van der Waals surface area contributed by atoms with Crippen LogP contribution in [0.4, 0.5) is 5.69 Å². The minimum absolute atomic E-state index is 0.372. The highest BCUT2D eigenvalue weighted by molar-refractivity contribution is 5.89. The summed E-state index contributed by atoms with van der Waals surface area (Å²) in [5, 5.41) is 9.02. The Morgan fingerprint density at radius 3 is 2.79 bits per heavy atom. The molecule has 0 saturated carbocycles. The Balaban J connectivity index is 2.12. The first-order chi connectivity index (χ1) is 9.11. The molecule has 19 heavy (non-hydrogen) atoms. The van der Waals surface area contributed by atoms with Crippen molar-refractivity contribution in [2.75, 3.05) is 31.7 Å². The summed E-state index contributed by atoms with van der Waals surface area (Å²) in [5.41, 5.74) is 3.58. The van der Waals surface area contributed by atoms with Crippen LogP contribution in [0, 0.1) is 6.92 Å². The van der Waals surface area contributed by atoms with E-state index >= 15 is 0 Å². The third kappa shape index (κ3) is 3.15. The van der Waals surface area contributed by atoms with Gasteiger partial charge in [-0.15, -0.1) is 0 Å². The first-order valence-electron chi connectivity index (χ1n) is 6.37. The van der Waals surface area contributed by atoms with Crippen LogP contribution in [0.15, 0.2) is 29.8 Å². The molecule has 4 nitrogen and oxygen atoms in total. The molecule has 0 amide bonds. The van der Waals surface area contributed by atoms with Gasteiger partial charge in [-0.3, -0.25) is 0 Å². The maximum Gasteiger partial charge on any atom is 0.335 e. The lowest BCUT2D eigenvalue weighted by molar-refractivity contribution is 0.0696. The van der Waals surface area contributed by atoms with Gasteiger partial charge in [0.25, 0.3) is 0 Å². The highest BCUT2D eigenvalue weighted by atomic mass is 16.5. The van der Waals surface area contributed by atoms with Gasteiger partial charge < -0.3 is 14.7 Å². The van der Waals surface area contributed by atoms with E-state index in [1.54, 1.807) is 13.2 Å². The van der Waals surface area contributed by atoms with Crippen LogP contribution in [0.2, 0.25) is 0 Å². The van der Waals surface area contributed by atoms with Crippen molar-refractivity contribution < 1.29 is 14.6 Å². The van der Waals surface area contributed by atoms with E-state index in [1.807, 2.05) is 19.1 Å². The van der Waals surface area contributed by atoms with Gasteiger partial charge in [-0.05, 0) is 42.7 Å². The molecule has 0 radical (unpaired) electrons. The molecule has 0 aliphatic carbocycles. The number of rotatable bonds is 4. The largest absolute Gasteiger partial charge is 0.478 e. The van der Waals surface area contributed by atoms with Crippen LogP contribution in [-0.4, -0.2) is 37.9 Å². The van der Waals surface area contributed by atoms with Crippen molar-refractivity contribution in [1.29, 1.82) is 0 Å². The van der Waals surface area contributed by atoms with E-state index in [1.165, 1.54) is 5.57 Å². The number of carbonyl (C=O) groups is 1. The first-order valence-corrected chi connectivity index (χ1v) is 6.37. The van der Waals surface area contributed by atoms with Gasteiger partial charge in [0, 0.05) is 25.9 Å². The molecule has 1 aromatic rings. The lowest BCUT2D eigenvalue weighted by atomic mass is 10.1. The molecule has 0 aromatic heterocycles. The van der Waals surface area contributed by atoms with Crippen molar-refractivity contribution in [3.05, 3.63) is 41.0 Å². The summed E-state index contributed by atoms with van der Waals surface area (Å²) in [6, 6.07) is 5.51. The summed E-state index contributed by atoms with van der Waals surface area (Å²) in [5.74, 6) is -0.870. The maximum absolute atomic E-state index is 11.0. The number of nitrogens with zero attached hydrogens (tertiary/aromatic N) is 1. The monoisotopic (exact) mass is 261 g/mol. The average molecular weight is 261 g/mol. The molecule has 2 rings (SSSR count). The van der Waals surface area contributed by atoms with E-state index in [9.17, 15) is 4.79 Å². The van der Waals surface area contributed by atoms with Gasteiger partial charge in [-0.25, -0.2) is 4.79 Å². The number of hydrogen-bond donors (Lipinski definition) is 1. The number of carboxylic acids is 1. The number of aryl methyl sites for hydroxylation is 1. The third-order valence-corrected chi connectivity index (χ3v) is 3.44. The van der Waals surface area contributed by atoms with Crippen molar-refractivity contribution in [2.24, 2.45) is 0 Å². The van der Waals surface area contributed by atoms with E-state index in [0.717, 1.165) is 30.8 Å². The van der Waals surface area contributed by atoms with E-state index in [2.05, 4.69) is 11.0 Å². The van der Waals surface area contributed by atoms with Crippen LogP contribution in [0.1, 0.15) is 22.3 Å². The predicted molar refractivity (Wildman–Crippen MR) is 74.9 cm³/mol. The second-order valence-corrected chi connectivity index (χ2v) is 4.80. The van der Waals surface area contributed by atoms with Crippen molar-refractivity contribution in [3.8, 4) is 0 Å². The highest BCUT2D eigenvalue weighted by Gasteiger charge is 2.14. The quantitative estimate of drug-likeness (QED) is 0.846. The lowest BCUT2D eigenvalue weighted by Crippen LogP contribution is -2.29. The van der Waals surface area contributed by atoms with Gasteiger partial charge in [-0.1, -0.05) is 6.08 Å². The number of methoxy groups -OCH3 is 1. The van der Waals surface area contributed by atoms with Crippen LogP contribution in [0.5, 0.6) is 0 Å². The molecule has 0 fully saturated rings. The van der Waals surface area contributed by atoms with Crippen molar-refractivity contribution in [1.82, 2.24) is 0 Å². The first kappa shape index (κ1) is 13.6. The van der Waals surface area contributed by atoms with Crippen LogP contribution < -0.4 is 4.90 Å². The Hall–Kier alpha value is -1.81. The van der Waals surface area contributed by atoms with Crippen LogP contribution in [0.3, 0.4) is 0 Å². The minimum Gasteiger partial charge on any atom is -0.478 e. The van der Waals surface area contributed by atoms with Gasteiger partial charge in [0.2, 0.25) is 0 Å². The van der Waals surface area contributed by atoms with Gasteiger partial charge >= 0.3 is 5.97 Å². The van der Waals surface area contributed by atoms with Gasteiger partial charge in [0.15, 0.2) is 0 Å². The Labute approximate surface area is 113 Å². The predicted octanol–water partition coefficient (Wildman–Crippen LogP) is 2.48. The molecule has 102 valence electrons. The molecule has 0 saturated heterocycles. The lowest BCUT2D eigenvalue weighted by Gasteiger charge is -2.28. The molecule has 0 bridgehead atoms. The fourth-order valence-corrected chi connectivity index (χ4v) is 2.35. The molecule has 0 atom stereocenters. The second kappa shape index (κ2) is 5.89. The summed E-state index contributed by atoms with van der Waals surface area (Å²) >= 11 is 0. The van der Waals surface area contributed by atoms with E-state index in [-0.39, 0.29) is 0 Å². The van der Waals surface area contributed by atoms with Gasteiger partial charge in [0.1, 0.15) is 0 Å². The molecule has 1 N–H and O–H groups in total. The molecule has 1 aliphatic rings. The van der Waals surface area contributed by atoms with Crippen LogP contribution >= 0.6 is 0 Å². The molecular weight excluding hydrogens is 242 g/mol. The molecule has 0 unspecified atom stereocenters. The van der Waals surface area contributed by atoms with E-state index in [0.29, 0.717) is 12.2 Å². The molecule has 1 heterocycles. The smallest absolute Gasteiger partial charge is 0.335 e. The van der Waals surface area contributed by atoms with Crippen molar-refractivity contribution >= 4 is 11.7 Å². The fourth-order valence-electron chi connectivity index (χ4n) is 2.35. The zero-order valence-electron chi connectivity index (χ0n) is 11.3. The second-order valence-electron chi connectivity index (χ2n) is 4.80. The van der Waals surface area contributed by atoms with Crippen molar-refractivity contribution in [3.63, 3.8) is 0 Å². The van der Waals surface area contributed by atoms with Crippen molar-refractivity contribution in [2.45, 2.75) is 13.3 Å². The maximum atomic E-state index is 11.0. The van der Waals surface area contributed by atoms with Crippen LogP contribution in [0.25, 0.3) is 0 Å². The number of anilines is 1. The van der Waals surface area contributed by atoms with Gasteiger partial charge in [0.05, 0.1) is 12.2 Å². The summed E-state index contributed by atoms with van der Waals surface area (Å²) in [6.07, 6.45) is 3.18. The summed E-state index contributed by atoms with van der Waals surface area (Å²) in [6.45, 7) is 4.33. The number of carboxylic acid groups (broad SMARTS) is 1.